The fraction of sp³-hybridized carbons (Fsp3) is 0.479. The number of anilines is 2. The molecule has 2 saturated heterocycles. The Morgan fingerprint density at radius 3 is 2.47 bits per heavy atom. The molecule has 314 valence electrons. The summed E-state index contributed by atoms with van der Waals surface area (Å²) in [5.74, 6) is 0.0962. The summed E-state index contributed by atoms with van der Waals surface area (Å²) in [5.41, 5.74) is 5.23. The van der Waals surface area contributed by atoms with Crippen LogP contribution in [0.4, 0.5) is 11.4 Å². The van der Waals surface area contributed by atoms with Crippen LogP contribution in [0.25, 0.3) is 0 Å². The summed E-state index contributed by atoms with van der Waals surface area (Å²) in [6, 6.07) is 21.5. The molecule has 11 heteroatoms. The van der Waals surface area contributed by atoms with Gasteiger partial charge in [-0.05, 0) is 106 Å². The fourth-order valence-corrected chi connectivity index (χ4v) is 14.2. The first-order valence-corrected chi connectivity index (χ1v) is 24.4. The number of hydrogen-bond donors (Lipinski definition) is 3. The minimum absolute atomic E-state index is 0.0672. The van der Waals surface area contributed by atoms with Crippen LogP contribution in [0.5, 0.6) is 5.75 Å². The van der Waals surface area contributed by atoms with Crippen LogP contribution in [0.15, 0.2) is 90.0 Å². The molecule has 0 bridgehead atoms. The Morgan fingerprint density at radius 1 is 1.05 bits per heavy atom. The standard InChI is InChI=1S/C48H62N4O6Si/c1-31(2)12-10-13-32(3)23-25-51-42-22-17-36(50-46(55)41-16-11-24-49-41)27-40(42)48(47(51)56)33(4)45(59(6,7)39-20-18-38(57-5)19-21-39)43(58-48)28-44(54)52-29-35-15-9-8-14-34(35)26-37(52)30-53/h8-9,12,14-15,17-23,27,33,37,41,43,45,49,53H,10-11,13,16,24-26,28-30H2,1-7H3,(H,50,55)/b32-23+/t33-,37+,41-,43+,45-,48+/m1/s1. The Labute approximate surface area is 351 Å². The van der Waals surface area contributed by atoms with Gasteiger partial charge in [-0.1, -0.05) is 84.9 Å². The van der Waals surface area contributed by atoms with Crippen LogP contribution in [0.2, 0.25) is 18.6 Å². The lowest BCUT2D eigenvalue weighted by atomic mass is 9.82. The van der Waals surface area contributed by atoms with E-state index in [0.717, 1.165) is 60.4 Å². The van der Waals surface area contributed by atoms with Crippen molar-refractivity contribution < 1.29 is 29.0 Å². The number of fused-ring (bicyclic) bond motifs is 3. The molecule has 10 nitrogen and oxygen atoms in total. The first-order valence-electron chi connectivity index (χ1n) is 21.4. The van der Waals surface area contributed by atoms with Crippen LogP contribution in [0.1, 0.15) is 76.5 Å². The zero-order valence-corrected chi connectivity index (χ0v) is 36.8. The van der Waals surface area contributed by atoms with Crippen molar-refractivity contribution in [2.45, 2.75) is 115 Å². The zero-order chi connectivity index (χ0) is 42.1. The first-order chi connectivity index (χ1) is 28.3. The lowest BCUT2D eigenvalue weighted by Crippen LogP contribution is -2.52. The molecule has 0 aliphatic carbocycles. The maximum absolute atomic E-state index is 15.5. The van der Waals surface area contributed by atoms with Crippen molar-refractivity contribution in [3.05, 3.63) is 107 Å². The van der Waals surface area contributed by atoms with Crippen LogP contribution in [0.3, 0.4) is 0 Å². The number of nitrogens with one attached hydrogen (secondary N) is 2. The van der Waals surface area contributed by atoms with E-state index in [0.29, 0.717) is 25.2 Å². The maximum Gasteiger partial charge on any atom is 0.264 e. The highest BCUT2D eigenvalue weighted by Gasteiger charge is 2.66. The number of amides is 3. The van der Waals surface area contributed by atoms with Crippen LogP contribution in [0, 0.1) is 5.92 Å². The van der Waals surface area contributed by atoms with Gasteiger partial charge in [-0.15, -0.1) is 0 Å². The summed E-state index contributed by atoms with van der Waals surface area (Å²) >= 11 is 0. The topological polar surface area (TPSA) is 120 Å². The van der Waals surface area contributed by atoms with Crippen LogP contribution in [-0.2, 0) is 37.7 Å². The van der Waals surface area contributed by atoms with E-state index in [1.807, 2.05) is 52.3 Å². The van der Waals surface area contributed by atoms with E-state index < -0.39 is 19.8 Å². The van der Waals surface area contributed by atoms with Gasteiger partial charge >= 0.3 is 0 Å². The summed E-state index contributed by atoms with van der Waals surface area (Å²) in [7, 11) is -0.902. The highest BCUT2D eigenvalue weighted by molar-refractivity contribution is 6.91. The second-order valence-corrected chi connectivity index (χ2v) is 22.5. The molecule has 4 heterocycles. The molecule has 59 heavy (non-hydrogen) atoms. The average molecular weight is 819 g/mol. The Balaban J connectivity index is 1.30. The molecule has 3 amide bonds. The minimum Gasteiger partial charge on any atom is -0.497 e. The van der Waals surface area contributed by atoms with Crippen molar-refractivity contribution in [2.24, 2.45) is 5.92 Å². The third kappa shape index (κ3) is 8.31. The summed E-state index contributed by atoms with van der Waals surface area (Å²) in [6.07, 6.45) is 7.95. The number of hydrogen-bond acceptors (Lipinski definition) is 7. The number of methoxy groups -OCH3 is 1. The summed E-state index contributed by atoms with van der Waals surface area (Å²) in [5, 5.41) is 18.2. The monoisotopic (exact) mass is 818 g/mol. The van der Waals surface area contributed by atoms with E-state index in [-0.39, 0.29) is 54.3 Å². The smallest absolute Gasteiger partial charge is 0.264 e. The second kappa shape index (κ2) is 17.6. The molecule has 7 rings (SSSR count). The number of aliphatic hydroxyl groups excluding tert-OH is 1. The van der Waals surface area contributed by atoms with E-state index in [1.54, 1.807) is 7.11 Å². The molecule has 0 radical (unpaired) electrons. The van der Waals surface area contributed by atoms with Gasteiger partial charge in [0.1, 0.15) is 5.75 Å². The largest absolute Gasteiger partial charge is 0.497 e. The molecule has 0 aromatic heterocycles. The van der Waals surface area contributed by atoms with E-state index in [4.69, 9.17) is 9.47 Å². The number of benzene rings is 3. The number of allylic oxidation sites excluding steroid dienone is 3. The van der Waals surface area contributed by atoms with E-state index in [9.17, 15) is 14.7 Å². The van der Waals surface area contributed by atoms with Gasteiger partial charge in [0.2, 0.25) is 11.8 Å². The lowest BCUT2D eigenvalue weighted by molar-refractivity contribution is -0.150. The van der Waals surface area contributed by atoms with Gasteiger partial charge in [-0.2, -0.15) is 0 Å². The van der Waals surface area contributed by atoms with Gasteiger partial charge in [0, 0.05) is 30.3 Å². The van der Waals surface area contributed by atoms with Crippen molar-refractivity contribution >= 4 is 42.4 Å². The molecule has 3 aromatic carbocycles. The molecule has 4 aliphatic heterocycles. The van der Waals surface area contributed by atoms with E-state index >= 15 is 4.79 Å². The third-order valence-electron chi connectivity index (χ3n) is 13.5. The number of carbonyl (C=O) groups is 3. The number of ether oxygens (including phenoxy) is 2. The van der Waals surface area contributed by atoms with Crippen molar-refractivity contribution in [3.8, 4) is 5.75 Å². The minimum atomic E-state index is -2.56. The van der Waals surface area contributed by atoms with Crippen LogP contribution in [-0.4, -0.2) is 80.8 Å². The van der Waals surface area contributed by atoms with Crippen molar-refractivity contribution in [1.82, 2.24) is 10.2 Å². The van der Waals surface area contributed by atoms with Gasteiger partial charge in [-0.3, -0.25) is 14.4 Å². The average Bonchev–Trinajstić information content (AvgIpc) is 3.93. The molecule has 3 N–H and O–H groups in total. The molecule has 0 unspecified atom stereocenters. The number of nitrogens with zero attached hydrogens (tertiary/aromatic N) is 2. The molecule has 3 aromatic rings. The number of carbonyl (C=O) groups excluding carboxylic acids is 3. The van der Waals surface area contributed by atoms with Gasteiger partial charge in [0.25, 0.3) is 5.91 Å². The summed E-state index contributed by atoms with van der Waals surface area (Å²) in [4.78, 5) is 47.2. The molecular formula is C48H62N4O6Si. The maximum atomic E-state index is 15.5. The molecule has 2 fully saturated rings. The summed E-state index contributed by atoms with van der Waals surface area (Å²) in [6.45, 7) is 14.5. The third-order valence-corrected chi connectivity index (χ3v) is 17.8. The molecule has 6 atom stereocenters. The second-order valence-electron chi connectivity index (χ2n) is 17.8. The van der Waals surface area contributed by atoms with E-state index in [2.05, 4.69) is 87.8 Å². The van der Waals surface area contributed by atoms with Crippen LogP contribution >= 0.6 is 0 Å². The Kier molecular flexibility index (Phi) is 12.7. The fourth-order valence-electron chi connectivity index (χ4n) is 10.2. The van der Waals surface area contributed by atoms with Crippen LogP contribution < -0.4 is 25.5 Å². The Bertz CT molecular complexity index is 2110. The predicted molar refractivity (Wildman–Crippen MR) is 237 cm³/mol. The van der Waals surface area contributed by atoms with Gasteiger partial charge in [0.15, 0.2) is 5.60 Å². The summed E-state index contributed by atoms with van der Waals surface area (Å²) < 4.78 is 12.9. The SMILES string of the molecule is COc1ccc([Si](C)(C)[C@H]2[C@H](CC(=O)N3Cc4ccccc4C[C@H]3CO)O[C@@]3(C(=O)N(C/C=C(\C)CCC=C(C)C)c4ccc(NC(=O)[C@H]5CCCN5)cc43)[C@@H]2C)cc1. The molecule has 0 saturated carbocycles. The normalized spacial score (nSPS) is 25.3. The highest BCUT2D eigenvalue weighted by Crippen LogP contribution is 2.60. The van der Waals surface area contributed by atoms with Gasteiger partial charge in [0.05, 0.1) is 52.1 Å². The van der Waals surface area contributed by atoms with Crippen molar-refractivity contribution in [3.63, 3.8) is 0 Å². The molecule has 1 spiro atoms. The van der Waals surface area contributed by atoms with Crippen molar-refractivity contribution in [2.75, 3.05) is 37.0 Å². The number of rotatable bonds is 13. The zero-order valence-electron chi connectivity index (χ0n) is 35.8. The quantitative estimate of drug-likeness (QED) is 0.126. The van der Waals surface area contributed by atoms with E-state index in [1.165, 1.54) is 16.3 Å². The first kappa shape index (κ1) is 42.6. The molecule has 4 aliphatic rings. The van der Waals surface area contributed by atoms with Gasteiger partial charge in [-0.25, -0.2) is 0 Å². The molecular weight excluding hydrogens is 757 g/mol. The number of aliphatic hydroxyl groups is 1. The Hall–Kier alpha value is -4.55. The lowest BCUT2D eigenvalue weighted by Gasteiger charge is -2.39. The van der Waals surface area contributed by atoms with Crippen molar-refractivity contribution in [1.29, 1.82) is 0 Å². The Morgan fingerprint density at radius 2 is 1.80 bits per heavy atom. The predicted octanol–water partition coefficient (Wildman–Crippen LogP) is 6.98. The highest BCUT2D eigenvalue weighted by atomic mass is 28.3. The van der Waals surface area contributed by atoms with Gasteiger partial charge < -0.3 is 35.0 Å².